The van der Waals surface area contributed by atoms with Gasteiger partial charge in [0.25, 0.3) is 5.91 Å². The van der Waals surface area contributed by atoms with Gasteiger partial charge in [0.2, 0.25) is 15.9 Å². The van der Waals surface area contributed by atoms with Crippen molar-refractivity contribution in [2.24, 2.45) is 0 Å². The number of hydrogen-bond donors (Lipinski definition) is 2. The molecule has 2 aromatic rings. The van der Waals surface area contributed by atoms with Crippen LogP contribution in [0.25, 0.3) is 0 Å². The van der Waals surface area contributed by atoms with Crippen molar-refractivity contribution in [3.05, 3.63) is 51.7 Å². The van der Waals surface area contributed by atoms with E-state index in [4.69, 9.17) is 0 Å². The first-order valence-corrected chi connectivity index (χ1v) is 11.7. The highest BCUT2D eigenvalue weighted by Gasteiger charge is 2.20. The zero-order valence-corrected chi connectivity index (χ0v) is 17.2. The minimum Gasteiger partial charge on any atom is -0.338 e. The Morgan fingerprint density at radius 1 is 1.25 bits per heavy atom. The van der Waals surface area contributed by atoms with Gasteiger partial charge in [-0.2, -0.15) is 0 Å². The number of amides is 2. The summed E-state index contributed by atoms with van der Waals surface area (Å²) in [6.07, 6.45) is 3.16. The number of carbonyl (C=O) groups excluding carboxylic acids is 2. The zero-order valence-electron chi connectivity index (χ0n) is 15.6. The van der Waals surface area contributed by atoms with Gasteiger partial charge < -0.3 is 10.2 Å². The molecule has 2 heterocycles. The molecule has 0 spiro atoms. The minimum absolute atomic E-state index is 0.172. The lowest BCUT2D eigenvalue weighted by Crippen LogP contribution is -2.24. The fourth-order valence-electron chi connectivity index (χ4n) is 3.03. The Hall–Kier alpha value is -2.23. The van der Waals surface area contributed by atoms with Gasteiger partial charge in [-0.15, -0.1) is 11.3 Å². The third-order valence-electron chi connectivity index (χ3n) is 4.35. The number of benzene rings is 1. The summed E-state index contributed by atoms with van der Waals surface area (Å²) in [4.78, 5) is 27.6. The number of anilines is 1. The Bertz CT molecular complexity index is 969. The molecule has 0 unspecified atom stereocenters. The Balaban J connectivity index is 1.57. The molecule has 0 aliphatic carbocycles. The molecule has 1 saturated heterocycles. The van der Waals surface area contributed by atoms with Gasteiger partial charge in [0.1, 0.15) is 0 Å². The molecule has 1 aliphatic rings. The molecule has 1 aliphatic heterocycles. The number of hydrogen-bond acceptors (Lipinski definition) is 5. The van der Waals surface area contributed by atoms with Crippen LogP contribution in [-0.4, -0.2) is 44.5 Å². The topological polar surface area (TPSA) is 95.6 Å². The highest BCUT2D eigenvalue weighted by molar-refractivity contribution is 7.88. The lowest BCUT2D eigenvalue weighted by molar-refractivity contribution is -0.128. The SMILES string of the molecule is CS(=O)(=O)NCCc1ccc(C(=O)Nc2cccc(CN3CCCC3=O)c2)s1. The summed E-state index contributed by atoms with van der Waals surface area (Å²) in [6, 6.07) is 11.1. The van der Waals surface area contributed by atoms with Crippen LogP contribution in [0.4, 0.5) is 5.69 Å². The zero-order chi connectivity index (χ0) is 20.1. The molecule has 0 bridgehead atoms. The number of nitrogens with one attached hydrogen (secondary N) is 2. The van der Waals surface area contributed by atoms with Crippen LogP contribution < -0.4 is 10.0 Å². The monoisotopic (exact) mass is 421 g/mol. The van der Waals surface area contributed by atoms with Crippen LogP contribution in [0, 0.1) is 0 Å². The lowest BCUT2D eigenvalue weighted by Gasteiger charge is -2.16. The van der Waals surface area contributed by atoms with Crippen molar-refractivity contribution in [2.75, 3.05) is 24.7 Å². The summed E-state index contributed by atoms with van der Waals surface area (Å²) < 4.78 is 24.6. The van der Waals surface area contributed by atoms with E-state index in [1.807, 2.05) is 35.2 Å². The van der Waals surface area contributed by atoms with Crippen molar-refractivity contribution < 1.29 is 18.0 Å². The van der Waals surface area contributed by atoms with Crippen LogP contribution in [0.2, 0.25) is 0 Å². The Labute approximate surface area is 168 Å². The molecule has 1 aromatic heterocycles. The van der Waals surface area contributed by atoms with E-state index < -0.39 is 10.0 Å². The first kappa shape index (κ1) is 20.5. The highest BCUT2D eigenvalue weighted by atomic mass is 32.2. The van der Waals surface area contributed by atoms with Crippen molar-refractivity contribution >= 4 is 38.9 Å². The number of carbonyl (C=O) groups is 2. The van der Waals surface area contributed by atoms with Crippen molar-refractivity contribution in [1.29, 1.82) is 0 Å². The number of sulfonamides is 1. The van der Waals surface area contributed by atoms with E-state index in [0.717, 1.165) is 29.7 Å². The van der Waals surface area contributed by atoms with E-state index in [9.17, 15) is 18.0 Å². The van der Waals surface area contributed by atoms with E-state index in [1.54, 1.807) is 6.07 Å². The fraction of sp³-hybridized carbons (Fsp3) is 0.368. The predicted octanol–water partition coefficient (Wildman–Crippen LogP) is 2.21. The molecule has 3 rings (SSSR count). The van der Waals surface area contributed by atoms with Crippen molar-refractivity contribution in [1.82, 2.24) is 9.62 Å². The summed E-state index contributed by atoms with van der Waals surface area (Å²) >= 11 is 1.34. The molecular formula is C19H23N3O4S2. The molecule has 1 fully saturated rings. The minimum atomic E-state index is -3.21. The van der Waals surface area contributed by atoms with E-state index in [2.05, 4.69) is 10.0 Å². The number of thiophene rings is 1. The van der Waals surface area contributed by atoms with E-state index in [1.165, 1.54) is 11.3 Å². The van der Waals surface area contributed by atoms with Gasteiger partial charge in [-0.25, -0.2) is 13.1 Å². The fourth-order valence-corrected chi connectivity index (χ4v) is 4.40. The summed E-state index contributed by atoms with van der Waals surface area (Å²) in [5, 5.41) is 2.88. The van der Waals surface area contributed by atoms with Crippen molar-refractivity contribution in [3.8, 4) is 0 Å². The molecule has 9 heteroatoms. The highest BCUT2D eigenvalue weighted by Crippen LogP contribution is 2.20. The van der Waals surface area contributed by atoms with Gasteiger partial charge in [-0.05, 0) is 42.7 Å². The molecule has 2 N–H and O–H groups in total. The number of rotatable bonds is 8. The largest absolute Gasteiger partial charge is 0.338 e. The normalized spacial score (nSPS) is 14.5. The Kier molecular flexibility index (Phi) is 6.48. The molecule has 7 nitrogen and oxygen atoms in total. The van der Waals surface area contributed by atoms with E-state index >= 15 is 0 Å². The molecule has 0 saturated carbocycles. The quantitative estimate of drug-likeness (QED) is 0.683. The number of likely N-dealkylation sites (tertiary alicyclic amines) is 1. The Morgan fingerprint density at radius 3 is 2.79 bits per heavy atom. The van der Waals surface area contributed by atoms with Crippen LogP contribution in [-0.2, 0) is 27.8 Å². The third kappa shape index (κ3) is 5.88. The van der Waals surface area contributed by atoms with Crippen molar-refractivity contribution in [2.45, 2.75) is 25.8 Å². The molecule has 150 valence electrons. The smallest absolute Gasteiger partial charge is 0.265 e. The molecular weight excluding hydrogens is 398 g/mol. The van der Waals surface area contributed by atoms with E-state index in [-0.39, 0.29) is 11.8 Å². The van der Waals surface area contributed by atoms with Crippen LogP contribution in [0.3, 0.4) is 0 Å². The van der Waals surface area contributed by atoms with Gasteiger partial charge in [0, 0.05) is 36.6 Å². The molecule has 2 amide bonds. The van der Waals surface area contributed by atoms with Gasteiger partial charge in [0.15, 0.2) is 0 Å². The second-order valence-corrected chi connectivity index (χ2v) is 9.76. The Morgan fingerprint density at radius 2 is 2.07 bits per heavy atom. The molecule has 0 radical (unpaired) electrons. The molecule has 28 heavy (non-hydrogen) atoms. The maximum Gasteiger partial charge on any atom is 0.265 e. The first-order chi connectivity index (χ1) is 13.3. The maximum absolute atomic E-state index is 12.5. The summed E-state index contributed by atoms with van der Waals surface area (Å²) in [6.45, 7) is 1.64. The standard InChI is InChI=1S/C19H23N3O4S2/c1-28(25,26)20-10-9-16-7-8-17(27-16)19(24)21-15-5-2-4-14(12-15)13-22-11-3-6-18(22)23/h2,4-5,7-8,12,20H,3,6,9-11,13H2,1H3,(H,21,24). The van der Waals surface area contributed by atoms with Gasteiger partial charge in [0.05, 0.1) is 11.1 Å². The van der Waals surface area contributed by atoms with Gasteiger partial charge >= 0.3 is 0 Å². The molecule has 0 atom stereocenters. The van der Waals surface area contributed by atoms with Crippen LogP contribution in [0.15, 0.2) is 36.4 Å². The third-order valence-corrected chi connectivity index (χ3v) is 6.22. The summed E-state index contributed by atoms with van der Waals surface area (Å²) in [7, 11) is -3.21. The number of nitrogens with zero attached hydrogens (tertiary/aromatic N) is 1. The van der Waals surface area contributed by atoms with Crippen LogP contribution in [0.5, 0.6) is 0 Å². The van der Waals surface area contributed by atoms with E-state index in [0.29, 0.717) is 36.5 Å². The first-order valence-electron chi connectivity index (χ1n) is 9.01. The second kappa shape index (κ2) is 8.85. The summed E-state index contributed by atoms with van der Waals surface area (Å²) in [5.74, 6) is -0.0346. The van der Waals surface area contributed by atoms with Crippen LogP contribution in [0.1, 0.15) is 33.0 Å². The lowest BCUT2D eigenvalue weighted by atomic mass is 10.2. The van der Waals surface area contributed by atoms with Gasteiger partial charge in [-0.1, -0.05) is 12.1 Å². The average Bonchev–Trinajstić information content (AvgIpc) is 3.24. The summed E-state index contributed by atoms with van der Waals surface area (Å²) in [5.41, 5.74) is 1.66. The van der Waals surface area contributed by atoms with Crippen molar-refractivity contribution in [3.63, 3.8) is 0 Å². The average molecular weight is 422 g/mol. The maximum atomic E-state index is 12.5. The van der Waals surface area contributed by atoms with Gasteiger partial charge in [-0.3, -0.25) is 9.59 Å². The van der Waals surface area contributed by atoms with Crippen LogP contribution >= 0.6 is 11.3 Å². The predicted molar refractivity (Wildman–Crippen MR) is 110 cm³/mol. The molecule has 1 aromatic carbocycles. The second-order valence-electron chi connectivity index (χ2n) is 6.76.